The molecule has 1 aromatic rings. The molecule has 0 saturated carbocycles. The molecule has 0 aliphatic carbocycles. The van der Waals surface area contributed by atoms with Crippen molar-refractivity contribution in [1.29, 1.82) is 0 Å². The lowest BCUT2D eigenvalue weighted by Crippen LogP contribution is -2.52. The number of hydrogen-bond acceptors (Lipinski definition) is 5. The highest BCUT2D eigenvalue weighted by Gasteiger charge is 2.41. The van der Waals surface area contributed by atoms with Crippen LogP contribution in [0.15, 0.2) is 18.2 Å². The van der Waals surface area contributed by atoms with Crippen molar-refractivity contribution in [1.82, 2.24) is 20.9 Å². The van der Waals surface area contributed by atoms with E-state index in [0.29, 0.717) is 36.9 Å². The largest absolute Gasteiger partial charge is 0.322 e. The third kappa shape index (κ3) is 4.09. The molecule has 162 valence electrons. The van der Waals surface area contributed by atoms with Gasteiger partial charge in [0.15, 0.2) is 0 Å². The van der Waals surface area contributed by atoms with Gasteiger partial charge in [0.25, 0.3) is 11.8 Å². The SMILES string of the molecule is O=C1CCC(N2Cc3cccc(CNC4CCCNCCC4(F)F)c3C2=O)C(=O)N1. The minimum absolute atomic E-state index is 0.159. The van der Waals surface area contributed by atoms with E-state index < -0.39 is 23.9 Å². The molecule has 3 aliphatic heterocycles. The first-order valence-corrected chi connectivity index (χ1v) is 10.4. The second-order valence-electron chi connectivity index (χ2n) is 8.19. The lowest BCUT2D eigenvalue weighted by molar-refractivity contribution is -0.136. The molecule has 4 rings (SSSR count). The molecule has 0 bridgehead atoms. The van der Waals surface area contributed by atoms with Crippen LogP contribution in [0.2, 0.25) is 0 Å². The minimum atomic E-state index is -2.83. The Kier molecular flexibility index (Phi) is 5.84. The van der Waals surface area contributed by atoms with Gasteiger partial charge in [-0.05, 0) is 36.9 Å². The van der Waals surface area contributed by atoms with Gasteiger partial charge in [-0.25, -0.2) is 8.78 Å². The van der Waals surface area contributed by atoms with Crippen LogP contribution in [0.25, 0.3) is 0 Å². The van der Waals surface area contributed by atoms with Crippen molar-refractivity contribution >= 4 is 17.7 Å². The zero-order chi connectivity index (χ0) is 21.3. The summed E-state index contributed by atoms with van der Waals surface area (Å²) in [5.41, 5.74) is 1.91. The molecule has 0 radical (unpaired) electrons. The van der Waals surface area contributed by atoms with Crippen LogP contribution in [0.4, 0.5) is 8.78 Å². The van der Waals surface area contributed by atoms with E-state index in [9.17, 15) is 23.2 Å². The summed E-state index contributed by atoms with van der Waals surface area (Å²) in [6, 6.07) is 3.75. The van der Waals surface area contributed by atoms with E-state index in [1.54, 1.807) is 12.1 Å². The maximum Gasteiger partial charge on any atom is 0.264 e. The number of carbonyl (C=O) groups excluding carboxylic acids is 3. The first-order chi connectivity index (χ1) is 14.4. The molecule has 3 aliphatic rings. The number of alkyl halides is 2. The summed E-state index contributed by atoms with van der Waals surface area (Å²) in [5.74, 6) is -3.91. The Morgan fingerprint density at radius 2 is 2.00 bits per heavy atom. The molecular formula is C21H26F2N4O3. The van der Waals surface area contributed by atoms with Gasteiger partial charge in [0.2, 0.25) is 11.8 Å². The van der Waals surface area contributed by atoms with Crippen LogP contribution in [-0.4, -0.2) is 53.7 Å². The molecule has 0 aromatic heterocycles. The summed E-state index contributed by atoms with van der Waals surface area (Å²) < 4.78 is 29.0. The summed E-state index contributed by atoms with van der Waals surface area (Å²) in [4.78, 5) is 38.2. The van der Waals surface area contributed by atoms with Gasteiger partial charge in [-0.1, -0.05) is 18.2 Å². The summed E-state index contributed by atoms with van der Waals surface area (Å²) in [6.45, 7) is 1.44. The van der Waals surface area contributed by atoms with Crippen LogP contribution in [0.3, 0.4) is 0 Å². The molecule has 3 amide bonds. The third-order valence-corrected chi connectivity index (χ3v) is 6.17. The molecule has 0 spiro atoms. The summed E-state index contributed by atoms with van der Waals surface area (Å²) in [7, 11) is 0. The Hall–Kier alpha value is -2.39. The highest BCUT2D eigenvalue weighted by atomic mass is 19.3. The standard InChI is InChI=1S/C21H26F2N4O3/c22-21(23)8-10-24-9-2-5-16(21)25-11-13-3-1-4-14-12-27(20(30)18(13)14)15-6-7-17(28)26-19(15)29/h1,3-4,15-16,24-25H,2,5-12H2,(H,26,28,29). The van der Waals surface area contributed by atoms with Gasteiger partial charge in [-0.15, -0.1) is 0 Å². The van der Waals surface area contributed by atoms with Gasteiger partial charge in [0, 0.05) is 38.0 Å². The van der Waals surface area contributed by atoms with Gasteiger partial charge in [-0.3, -0.25) is 19.7 Å². The van der Waals surface area contributed by atoms with E-state index in [4.69, 9.17) is 0 Å². The Labute approximate surface area is 173 Å². The van der Waals surface area contributed by atoms with Gasteiger partial charge < -0.3 is 15.5 Å². The monoisotopic (exact) mass is 420 g/mol. The number of fused-ring (bicyclic) bond motifs is 1. The summed E-state index contributed by atoms with van der Waals surface area (Å²) >= 11 is 0. The van der Waals surface area contributed by atoms with Gasteiger partial charge >= 0.3 is 0 Å². The van der Waals surface area contributed by atoms with Crippen molar-refractivity contribution in [2.75, 3.05) is 13.1 Å². The third-order valence-electron chi connectivity index (χ3n) is 6.17. The number of rotatable bonds is 4. The molecule has 3 N–H and O–H groups in total. The van der Waals surface area contributed by atoms with Crippen LogP contribution in [0.5, 0.6) is 0 Å². The van der Waals surface area contributed by atoms with E-state index in [0.717, 1.165) is 5.56 Å². The van der Waals surface area contributed by atoms with Crippen LogP contribution in [0, 0.1) is 0 Å². The van der Waals surface area contributed by atoms with Crippen LogP contribution >= 0.6 is 0 Å². The molecule has 2 fully saturated rings. The maximum atomic E-state index is 14.5. The number of halogens is 2. The fourth-order valence-electron chi connectivity index (χ4n) is 4.52. The predicted molar refractivity (Wildman–Crippen MR) is 105 cm³/mol. The fourth-order valence-corrected chi connectivity index (χ4v) is 4.52. The second kappa shape index (κ2) is 8.39. The van der Waals surface area contributed by atoms with E-state index in [1.165, 1.54) is 4.90 Å². The number of amides is 3. The van der Waals surface area contributed by atoms with Crippen molar-refractivity contribution in [3.05, 3.63) is 34.9 Å². The molecule has 30 heavy (non-hydrogen) atoms. The maximum absolute atomic E-state index is 14.5. The van der Waals surface area contributed by atoms with Crippen LogP contribution in [-0.2, 0) is 22.7 Å². The van der Waals surface area contributed by atoms with Crippen molar-refractivity contribution in [2.24, 2.45) is 0 Å². The topological polar surface area (TPSA) is 90.5 Å². The van der Waals surface area contributed by atoms with E-state index in [-0.39, 0.29) is 44.3 Å². The molecule has 7 nitrogen and oxygen atoms in total. The number of benzene rings is 1. The van der Waals surface area contributed by atoms with Gasteiger partial charge in [0.05, 0.1) is 6.04 Å². The molecule has 2 atom stereocenters. The van der Waals surface area contributed by atoms with Crippen molar-refractivity contribution in [3.63, 3.8) is 0 Å². The second-order valence-corrected chi connectivity index (χ2v) is 8.19. The lowest BCUT2D eigenvalue weighted by Gasteiger charge is -2.30. The average Bonchev–Trinajstić information content (AvgIpc) is 3.02. The Morgan fingerprint density at radius 1 is 1.17 bits per heavy atom. The molecular weight excluding hydrogens is 394 g/mol. The van der Waals surface area contributed by atoms with E-state index in [1.807, 2.05) is 6.07 Å². The Morgan fingerprint density at radius 3 is 2.80 bits per heavy atom. The molecule has 1 aromatic carbocycles. The van der Waals surface area contributed by atoms with E-state index >= 15 is 0 Å². The van der Waals surface area contributed by atoms with Crippen LogP contribution < -0.4 is 16.0 Å². The fraction of sp³-hybridized carbons (Fsp3) is 0.571. The number of carbonyl (C=O) groups is 3. The number of piperidine rings is 1. The van der Waals surface area contributed by atoms with Gasteiger partial charge in [0.1, 0.15) is 6.04 Å². The molecule has 9 heteroatoms. The zero-order valence-electron chi connectivity index (χ0n) is 16.7. The van der Waals surface area contributed by atoms with Crippen LogP contribution in [0.1, 0.15) is 53.6 Å². The number of hydrogen-bond donors (Lipinski definition) is 3. The Balaban J connectivity index is 1.49. The predicted octanol–water partition coefficient (Wildman–Crippen LogP) is 1.31. The van der Waals surface area contributed by atoms with Crippen molar-refractivity contribution in [2.45, 2.75) is 63.2 Å². The smallest absolute Gasteiger partial charge is 0.264 e. The molecule has 2 saturated heterocycles. The number of nitrogens with zero attached hydrogens (tertiary/aromatic N) is 1. The average molecular weight is 420 g/mol. The van der Waals surface area contributed by atoms with E-state index in [2.05, 4.69) is 16.0 Å². The first kappa shape index (κ1) is 20.9. The minimum Gasteiger partial charge on any atom is -0.322 e. The quantitative estimate of drug-likeness (QED) is 0.639. The van der Waals surface area contributed by atoms with Crippen molar-refractivity contribution < 1.29 is 23.2 Å². The lowest BCUT2D eigenvalue weighted by atomic mass is 9.98. The Bertz CT molecular complexity index is 861. The highest BCUT2D eigenvalue weighted by Crippen LogP contribution is 2.31. The highest BCUT2D eigenvalue weighted by molar-refractivity contribution is 6.05. The van der Waals surface area contributed by atoms with Gasteiger partial charge in [-0.2, -0.15) is 0 Å². The first-order valence-electron chi connectivity index (χ1n) is 10.4. The molecule has 2 unspecified atom stereocenters. The molecule has 3 heterocycles. The zero-order valence-corrected chi connectivity index (χ0v) is 16.7. The number of nitrogens with one attached hydrogen (secondary N) is 3. The number of imide groups is 1. The van der Waals surface area contributed by atoms with Crippen molar-refractivity contribution in [3.8, 4) is 0 Å². The summed E-state index contributed by atoms with van der Waals surface area (Å²) in [6.07, 6.45) is 1.27. The summed E-state index contributed by atoms with van der Waals surface area (Å²) in [5, 5.41) is 8.27. The normalized spacial score (nSPS) is 26.7.